The van der Waals surface area contributed by atoms with E-state index < -0.39 is 0 Å². The Morgan fingerprint density at radius 3 is 2.80 bits per heavy atom. The van der Waals surface area contributed by atoms with Crippen molar-refractivity contribution in [3.05, 3.63) is 35.1 Å². The average molecular weight is 352 g/mol. The third-order valence-corrected chi connectivity index (χ3v) is 6.06. The summed E-state index contributed by atoms with van der Waals surface area (Å²) in [6.45, 7) is 4.27. The summed E-state index contributed by atoms with van der Waals surface area (Å²) in [5, 5.41) is 15.1. The first-order valence-corrected chi connectivity index (χ1v) is 9.50. The topological polar surface area (TPSA) is 60.6 Å². The number of rotatable bonds is 2. The fourth-order valence-electron chi connectivity index (χ4n) is 3.66. The highest BCUT2D eigenvalue weighted by atomic mass is 32.1. The van der Waals surface area contributed by atoms with E-state index in [4.69, 9.17) is 10.1 Å². The van der Waals surface area contributed by atoms with Crippen molar-refractivity contribution in [1.29, 1.82) is 0 Å². The third-order valence-electron chi connectivity index (χ3n) is 4.95. The Balaban J connectivity index is 1.53. The molecule has 1 aromatic carbocycles. The predicted molar refractivity (Wildman–Crippen MR) is 101 cm³/mol. The van der Waals surface area contributed by atoms with Crippen molar-refractivity contribution < 1.29 is 0 Å². The molecule has 5 rings (SSSR count). The van der Waals surface area contributed by atoms with Crippen molar-refractivity contribution in [2.75, 3.05) is 13.1 Å². The Morgan fingerprint density at radius 2 is 2.00 bits per heavy atom. The number of aryl methyl sites for hydroxylation is 2. The van der Waals surface area contributed by atoms with Gasteiger partial charge in [-0.05, 0) is 50.6 Å². The number of benzene rings is 1. The van der Waals surface area contributed by atoms with E-state index in [1.54, 1.807) is 11.3 Å². The van der Waals surface area contributed by atoms with Crippen LogP contribution in [0.2, 0.25) is 0 Å². The van der Waals surface area contributed by atoms with Crippen LogP contribution in [0, 0.1) is 6.92 Å². The standard InChI is InChI=1S/C18H20N6S/c1-11-7-14(8-13-9-23(2)21-16(11)13)24-10-15-18(22-24)25-17(20-15)12-3-5-19-6-4-12/h7-10,12,19H,3-6H2,1-2H3. The second kappa shape index (κ2) is 5.64. The van der Waals surface area contributed by atoms with Gasteiger partial charge in [0.05, 0.1) is 22.4 Å². The van der Waals surface area contributed by atoms with E-state index in [1.807, 2.05) is 28.8 Å². The van der Waals surface area contributed by atoms with Gasteiger partial charge < -0.3 is 5.32 Å². The number of hydrogen-bond acceptors (Lipinski definition) is 5. The SMILES string of the molecule is Cc1cc(-n2cc3nc(C4CCNCC4)sc3n2)cc2cn(C)nc12. The van der Waals surface area contributed by atoms with Crippen molar-refractivity contribution in [2.45, 2.75) is 25.7 Å². The highest BCUT2D eigenvalue weighted by Gasteiger charge is 2.20. The van der Waals surface area contributed by atoms with Gasteiger partial charge in [-0.3, -0.25) is 4.68 Å². The van der Waals surface area contributed by atoms with E-state index in [-0.39, 0.29) is 0 Å². The summed E-state index contributed by atoms with van der Waals surface area (Å²) < 4.78 is 3.80. The van der Waals surface area contributed by atoms with Gasteiger partial charge in [0.1, 0.15) is 5.52 Å². The molecule has 0 unspecified atom stereocenters. The van der Waals surface area contributed by atoms with Gasteiger partial charge >= 0.3 is 0 Å². The molecule has 4 aromatic rings. The first-order valence-electron chi connectivity index (χ1n) is 8.68. The Morgan fingerprint density at radius 1 is 1.16 bits per heavy atom. The Bertz CT molecular complexity index is 1030. The van der Waals surface area contributed by atoms with E-state index in [2.05, 4.69) is 29.5 Å². The van der Waals surface area contributed by atoms with Crippen LogP contribution in [0.25, 0.3) is 26.9 Å². The summed E-state index contributed by atoms with van der Waals surface area (Å²) in [5.74, 6) is 0.586. The largest absolute Gasteiger partial charge is 0.317 e. The van der Waals surface area contributed by atoms with Crippen LogP contribution in [0.3, 0.4) is 0 Å². The molecule has 1 aliphatic rings. The first-order chi connectivity index (χ1) is 12.2. The average Bonchev–Trinajstić information content (AvgIpc) is 3.27. The van der Waals surface area contributed by atoms with Gasteiger partial charge in [-0.25, -0.2) is 9.67 Å². The maximum Gasteiger partial charge on any atom is 0.166 e. The van der Waals surface area contributed by atoms with Crippen molar-refractivity contribution in [3.63, 3.8) is 0 Å². The van der Waals surface area contributed by atoms with E-state index in [1.165, 1.54) is 17.8 Å². The van der Waals surface area contributed by atoms with Gasteiger partial charge in [0.2, 0.25) is 0 Å². The third kappa shape index (κ3) is 2.54. The number of fused-ring (bicyclic) bond motifs is 2. The minimum Gasteiger partial charge on any atom is -0.317 e. The number of thiazole rings is 1. The molecular weight excluding hydrogens is 332 g/mol. The number of hydrogen-bond donors (Lipinski definition) is 1. The molecule has 0 saturated carbocycles. The van der Waals surface area contributed by atoms with Gasteiger partial charge in [0.15, 0.2) is 4.83 Å². The molecule has 6 nitrogen and oxygen atoms in total. The number of aromatic nitrogens is 5. The summed E-state index contributed by atoms with van der Waals surface area (Å²) in [6, 6.07) is 4.28. The highest BCUT2D eigenvalue weighted by molar-refractivity contribution is 7.18. The molecule has 4 heterocycles. The quantitative estimate of drug-likeness (QED) is 0.602. The molecule has 0 atom stereocenters. The van der Waals surface area contributed by atoms with Crippen molar-refractivity contribution >= 4 is 32.6 Å². The summed E-state index contributed by atoms with van der Waals surface area (Å²) in [7, 11) is 1.95. The Labute approximate surface area is 149 Å². The lowest BCUT2D eigenvalue weighted by Crippen LogP contribution is -2.26. The van der Waals surface area contributed by atoms with Crippen LogP contribution in [-0.2, 0) is 7.05 Å². The summed E-state index contributed by atoms with van der Waals surface area (Å²) in [4.78, 5) is 5.89. The molecule has 3 aromatic heterocycles. The number of nitrogens with zero attached hydrogens (tertiary/aromatic N) is 5. The second-order valence-corrected chi connectivity index (χ2v) is 7.85. The molecule has 7 heteroatoms. The Kier molecular flexibility index (Phi) is 3.39. The molecule has 0 aliphatic carbocycles. The molecule has 1 fully saturated rings. The molecule has 128 valence electrons. The molecule has 1 saturated heterocycles. The minimum absolute atomic E-state index is 0.586. The lowest BCUT2D eigenvalue weighted by molar-refractivity contribution is 0.459. The van der Waals surface area contributed by atoms with Crippen LogP contribution in [0.15, 0.2) is 24.5 Å². The maximum absolute atomic E-state index is 4.86. The second-order valence-electron chi connectivity index (χ2n) is 6.84. The van der Waals surface area contributed by atoms with Gasteiger partial charge in [0, 0.05) is 24.5 Å². The lowest BCUT2D eigenvalue weighted by atomic mass is 9.99. The smallest absolute Gasteiger partial charge is 0.166 e. The van der Waals surface area contributed by atoms with Crippen LogP contribution < -0.4 is 5.32 Å². The van der Waals surface area contributed by atoms with Crippen LogP contribution in [0.1, 0.15) is 29.3 Å². The van der Waals surface area contributed by atoms with Gasteiger partial charge in [-0.15, -0.1) is 0 Å². The normalized spacial score (nSPS) is 16.2. The zero-order chi connectivity index (χ0) is 17.0. The van der Waals surface area contributed by atoms with Crippen LogP contribution >= 0.6 is 11.3 Å². The van der Waals surface area contributed by atoms with E-state index in [9.17, 15) is 0 Å². The van der Waals surface area contributed by atoms with Crippen molar-refractivity contribution in [3.8, 4) is 5.69 Å². The monoisotopic (exact) mass is 352 g/mol. The fraction of sp³-hybridized carbons (Fsp3) is 0.389. The first kappa shape index (κ1) is 15.0. The summed E-state index contributed by atoms with van der Waals surface area (Å²) in [5.41, 5.74) is 4.27. The molecule has 0 amide bonds. The van der Waals surface area contributed by atoms with E-state index in [0.717, 1.165) is 45.6 Å². The molecule has 0 radical (unpaired) electrons. The summed E-state index contributed by atoms with van der Waals surface area (Å²) >= 11 is 1.74. The molecular formula is C18H20N6S. The van der Waals surface area contributed by atoms with Gasteiger partial charge in [-0.2, -0.15) is 10.2 Å². The Hall–Kier alpha value is -2.25. The maximum atomic E-state index is 4.86. The molecule has 1 aliphatic heterocycles. The number of nitrogens with one attached hydrogen (secondary N) is 1. The highest BCUT2D eigenvalue weighted by Crippen LogP contribution is 2.32. The molecule has 1 N–H and O–H groups in total. The van der Waals surface area contributed by atoms with Crippen molar-refractivity contribution in [2.24, 2.45) is 7.05 Å². The van der Waals surface area contributed by atoms with Crippen LogP contribution in [-0.4, -0.2) is 37.6 Å². The van der Waals surface area contributed by atoms with E-state index in [0.29, 0.717) is 5.92 Å². The van der Waals surface area contributed by atoms with Crippen molar-refractivity contribution in [1.82, 2.24) is 29.9 Å². The fourth-order valence-corrected chi connectivity index (χ4v) is 4.73. The molecule has 25 heavy (non-hydrogen) atoms. The van der Waals surface area contributed by atoms with Crippen LogP contribution in [0.5, 0.6) is 0 Å². The lowest BCUT2D eigenvalue weighted by Gasteiger charge is -2.20. The zero-order valence-electron chi connectivity index (χ0n) is 14.4. The van der Waals surface area contributed by atoms with Gasteiger partial charge in [-0.1, -0.05) is 11.3 Å². The molecule has 0 bridgehead atoms. The number of piperidine rings is 1. The van der Waals surface area contributed by atoms with Crippen LogP contribution in [0.4, 0.5) is 0 Å². The summed E-state index contributed by atoms with van der Waals surface area (Å²) in [6.07, 6.45) is 6.44. The zero-order valence-corrected chi connectivity index (χ0v) is 15.2. The van der Waals surface area contributed by atoms with E-state index >= 15 is 0 Å². The predicted octanol–water partition coefficient (Wildman–Crippen LogP) is 3.14. The molecule has 0 spiro atoms. The minimum atomic E-state index is 0.586. The van der Waals surface area contributed by atoms with Gasteiger partial charge in [0.25, 0.3) is 0 Å².